The Morgan fingerprint density at radius 2 is 1.95 bits per heavy atom. The maximum absolute atomic E-state index is 11.9. The van der Waals surface area contributed by atoms with Crippen LogP contribution in [0.2, 0.25) is 5.02 Å². The number of amides is 1. The summed E-state index contributed by atoms with van der Waals surface area (Å²) >= 11 is 5.88. The number of hydrogen-bond donors (Lipinski definition) is 1. The van der Waals surface area contributed by atoms with E-state index >= 15 is 0 Å². The van der Waals surface area contributed by atoms with Crippen molar-refractivity contribution in [2.24, 2.45) is 0 Å². The molecule has 1 aromatic heterocycles. The molecule has 1 N–H and O–H groups in total. The Labute approximate surface area is 123 Å². The van der Waals surface area contributed by atoms with E-state index in [1.54, 1.807) is 0 Å². The second-order valence-electron chi connectivity index (χ2n) is 5.16. The van der Waals surface area contributed by atoms with E-state index in [2.05, 4.69) is 29.1 Å². The summed E-state index contributed by atoms with van der Waals surface area (Å²) in [6.45, 7) is 4.63. The molecule has 5 heteroatoms. The molecule has 4 nitrogen and oxygen atoms in total. The first kappa shape index (κ1) is 14.5. The molecule has 1 heterocycles. The number of hydrogen-bond acceptors (Lipinski definition) is 3. The summed E-state index contributed by atoms with van der Waals surface area (Å²) in [5.41, 5.74) is 1.24. The van der Waals surface area contributed by atoms with Crippen LogP contribution in [0.4, 0.5) is 0 Å². The molecule has 0 atom stereocenters. The zero-order valence-electron chi connectivity index (χ0n) is 11.4. The van der Waals surface area contributed by atoms with Gasteiger partial charge in [0.25, 0.3) is 5.91 Å². The van der Waals surface area contributed by atoms with Crippen LogP contribution < -0.4 is 5.32 Å². The van der Waals surface area contributed by atoms with Crippen LogP contribution in [0.1, 0.15) is 29.9 Å². The van der Waals surface area contributed by atoms with E-state index in [-0.39, 0.29) is 11.3 Å². The summed E-state index contributed by atoms with van der Waals surface area (Å²) in [6.07, 6.45) is 4.48. The molecule has 0 fully saturated rings. The molecule has 0 radical (unpaired) electrons. The zero-order valence-corrected chi connectivity index (χ0v) is 12.2. The van der Waals surface area contributed by atoms with E-state index in [0.717, 1.165) is 5.56 Å². The number of carbonyl (C=O) groups is 1. The van der Waals surface area contributed by atoms with E-state index < -0.39 is 0 Å². The summed E-state index contributed by atoms with van der Waals surface area (Å²) in [5.74, 6) is -0.222. The Balaban J connectivity index is 2.02. The molecule has 0 aliphatic heterocycles. The molecule has 20 heavy (non-hydrogen) atoms. The molecule has 1 aromatic carbocycles. The third-order valence-electron chi connectivity index (χ3n) is 3.11. The molecule has 0 saturated heterocycles. The topological polar surface area (TPSA) is 54.9 Å². The molecule has 0 aliphatic rings. The third kappa shape index (κ3) is 3.54. The van der Waals surface area contributed by atoms with Crippen molar-refractivity contribution in [2.45, 2.75) is 19.3 Å². The zero-order chi connectivity index (χ0) is 14.6. The van der Waals surface area contributed by atoms with Crippen LogP contribution in [0, 0.1) is 0 Å². The van der Waals surface area contributed by atoms with Crippen LogP contribution >= 0.6 is 11.6 Å². The average molecular weight is 290 g/mol. The van der Waals surface area contributed by atoms with Gasteiger partial charge < -0.3 is 5.32 Å². The first-order chi connectivity index (χ1) is 9.49. The minimum Gasteiger partial charge on any atom is -0.350 e. The van der Waals surface area contributed by atoms with Crippen molar-refractivity contribution in [2.75, 3.05) is 6.54 Å². The van der Waals surface area contributed by atoms with E-state index in [1.807, 2.05) is 24.3 Å². The molecule has 0 unspecified atom stereocenters. The Kier molecular flexibility index (Phi) is 4.35. The van der Waals surface area contributed by atoms with Crippen molar-refractivity contribution in [1.82, 2.24) is 15.3 Å². The molecule has 0 spiro atoms. The molecule has 0 aliphatic carbocycles. The molecule has 0 bridgehead atoms. The number of carbonyl (C=O) groups excluding carboxylic acids is 1. The van der Waals surface area contributed by atoms with Crippen molar-refractivity contribution in [1.29, 1.82) is 0 Å². The lowest BCUT2D eigenvalue weighted by molar-refractivity contribution is 0.0940. The van der Waals surface area contributed by atoms with Crippen molar-refractivity contribution in [3.63, 3.8) is 0 Å². The van der Waals surface area contributed by atoms with Crippen LogP contribution in [-0.4, -0.2) is 22.4 Å². The van der Waals surface area contributed by atoms with Crippen LogP contribution in [0.15, 0.2) is 42.9 Å². The lowest BCUT2D eigenvalue weighted by Crippen LogP contribution is -2.37. The molecule has 2 aromatic rings. The monoisotopic (exact) mass is 289 g/mol. The Bertz CT molecular complexity index is 582. The summed E-state index contributed by atoms with van der Waals surface area (Å²) in [5, 5.41) is 3.58. The van der Waals surface area contributed by atoms with Gasteiger partial charge in [0.2, 0.25) is 0 Å². The standard InChI is InChI=1S/C15H16ClN3O/c1-15(2,11-3-5-12(16)6-4-11)10-19-14(20)13-9-17-7-8-18-13/h3-9H,10H2,1-2H3,(H,19,20). The number of nitrogens with one attached hydrogen (secondary N) is 1. The van der Waals surface area contributed by atoms with Crippen molar-refractivity contribution in [3.8, 4) is 0 Å². The fraction of sp³-hybridized carbons (Fsp3) is 0.267. The molecular formula is C15H16ClN3O. The van der Waals surface area contributed by atoms with Gasteiger partial charge >= 0.3 is 0 Å². The van der Waals surface area contributed by atoms with Gasteiger partial charge in [-0.1, -0.05) is 37.6 Å². The smallest absolute Gasteiger partial charge is 0.271 e. The normalized spacial score (nSPS) is 11.2. The lowest BCUT2D eigenvalue weighted by Gasteiger charge is -2.25. The van der Waals surface area contributed by atoms with Crippen LogP contribution in [0.25, 0.3) is 0 Å². The van der Waals surface area contributed by atoms with Gasteiger partial charge in [0.1, 0.15) is 5.69 Å². The number of nitrogens with zero attached hydrogens (tertiary/aromatic N) is 2. The van der Waals surface area contributed by atoms with Gasteiger partial charge in [-0.2, -0.15) is 0 Å². The quantitative estimate of drug-likeness (QED) is 0.941. The van der Waals surface area contributed by atoms with Gasteiger partial charge in [-0.3, -0.25) is 9.78 Å². The second-order valence-corrected chi connectivity index (χ2v) is 5.60. The number of benzene rings is 1. The van der Waals surface area contributed by atoms with E-state index in [1.165, 1.54) is 18.6 Å². The summed E-state index contributed by atoms with van der Waals surface area (Å²) < 4.78 is 0. The number of rotatable bonds is 4. The van der Waals surface area contributed by atoms with Gasteiger partial charge in [-0.25, -0.2) is 4.98 Å². The first-order valence-electron chi connectivity index (χ1n) is 6.29. The van der Waals surface area contributed by atoms with E-state index in [9.17, 15) is 4.79 Å². The fourth-order valence-corrected chi connectivity index (χ4v) is 1.94. The molecule has 104 valence electrons. The highest BCUT2D eigenvalue weighted by Gasteiger charge is 2.21. The second kappa shape index (κ2) is 6.01. The van der Waals surface area contributed by atoms with Crippen molar-refractivity contribution < 1.29 is 4.79 Å². The van der Waals surface area contributed by atoms with Gasteiger partial charge in [-0.05, 0) is 17.7 Å². The summed E-state index contributed by atoms with van der Waals surface area (Å²) in [4.78, 5) is 19.8. The van der Waals surface area contributed by atoms with Gasteiger partial charge in [0, 0.05) is 29.4 Å². The molecule has 1 amide bonds. The maximum atomic E-state index is 11.9. The maximum Gasteiger partial charge on any atom is 0.271 e. The van der Waals surface area contributed by atoms with Crippen LogP contribution in [0.5, 0.6) is 0 Å². The molecular weight excluding hydrogens is 274 g/mol. The molecule has 0 saturated carbocycles. The summed E-state index contributed by atoms with van der Waals surface area (Å²) in [6, 6.07) is 7.64. The highest BCUT2D eigenvalue weighted by molar-refractivity contribution is 6.30. The Morgan fingerprint density at radius 1 is 1.25 bits per heavy atom. The predicted octanol–water partition coefficient (Wildman–Crippen LogP) is 2.84. The Hall–Kier alpha value is -1.94. The third-order valence-corrected chi connectivity index (χ3v) is 3.36. The lowest BCUT2D eigenvalue weighted by atomic mass is 9.84. The summed E-state index contributed by atoms with van der Waals surface area (Å²) in [7, 11) is 0. The van der Waals surface area contributed by atoms with Gasteiger partial charge in [0.15, 0.2) is 0 Å². The minimum absolute atomic E-state index is 0.192. The average Bonchev–Trinajstić information content (AvgIpc) is 2.46. The van der Waals surface area contributed by atoms with Crippen molar-refractivity contribution >= 4 is 17.5 Å². The highest BCUT2D eigenvalue weighted by atomic mass is 35.5. The SMILES string of the molecule is CC(C)(CNC(=O)c1cnccn1)c1ccc(Cl)cc1. The largest absolute Gasteiger partial charge is 0.350 e. The van der Waals surface area contributed by atoms with E-state index in [0.29, 0.717) is 17.3 Å². The highest BCUT2D eigenvalue weighted by Crippen LogP contribution is 2.23. The predicted molar refractivity (Wildman–Crippen MR) is 78.8 cm³/mol. The minimum atomic E-state index is -0.222. The van der Waals surface area contributed by atoms with Gasteiger partial charge in [0.05, 0.1) is 6.20 Å². The van der Waals surface area contributed by atoms with Crippen LogP contribution in [-0.2, 0) is 5.41 Å². The van der Waals surface area contributed by atoms with Crippen LogP contribution in [0.3, 0.4) is 0 Å². The molecule has 2 rings (SSSR count). The van der Waals surface area contributed by atoms with E-state index in [4.69, 9.17) is 11.6 Å². The fourth-order valence-electron chi connectivity index (χ4n) is 1.81. The number of aromatic nitrogens is 2. The first-order valence-corrected chi connectivity index (χ1v) is 6.67. The van der Waals surface area contributed by atoms with Gasteiger partial charge in [-0.15, -0.1) is 0 Å². The number of halogens is 1. The Morgan fingerprint density at radius 3 is 2.55 bits per heavy atom. The van der Waals surface area contributed by atoms with Crippen molar-refractivity contribution in [3.05, 3.63) is 59.1 Å².